The first kappa shape index (κ1) is 15.9. The second-order valence-corrected chi connectivity index (χ2v) is 6.67. The Morgan fingerprint density at radius 2 is 2.32 bits per heavy atom. The molecule has 1 atom stereocenters. The summed E-state index contributed by atoms with van der Waals surface area (Å²) in [7, 11) is 0. The molecule has 3 aromatic heterocycles. The third kappa shape index (κ3) is 2.94. The smallest absolute Gasteiger partial charge is 0.258 e. The van der Waals surface area contributed by atoms with Crippen LogP contribution in [0.25, 0.3) is 5.65 Å². The molecule has 8 heteroatoms. The number of pyridine rings is 1. The van der Waals surface area contributed by atoms with Crippen molar-refractivity contribution in [3.63, 3.8) is 0 Å². The van der Waals surface area contributed by atoms with Crippen molar-refractivity contribution in [3.05, 3.63) is 57.9 Å². The Bertz CT molecular complexity index is 951. The molecule has 4 heterocycles. The van der Waals surface area contributed by atoms with Crippen LogP contribution in [0.15, 0.2) is 35.4 Å². The summed E-state index contributed by atoms with van der Waals surface area (Å²) in [6, 6.07) is 5.35. The summed E-state index contributed by atoms with van der Waals surface area (Å²) in [4.78, 5) is 19.1. The normalized spacial score (nSPS) is 21.7. The SMILES string of the molecule is Cc1cccn2c(=O)cc(CN3CCCC(O)(c4cn[nH]n4)C3)nc12. The molecule has 8 nitrogen and oxygen atoms in total. The number of rotatable bonds is 3. The zero-order valence-corrected chi connectivity index (χ0v) is 14.0. The highest BCUT2D eigenvalue weighted by Crippen LogP contribution is 2.30. The Labute approximate surface area is 144 Å². The van der Waals surface area contributed by atoms with Gasteiger partial charge in [-0.3, -0.25) is 14.1 Å². The van der Waals surface area contributed by atoms with Crippen molar-refractivity contribution in [2.24, 2.45) is 0 Å². The van der Waals surface area contributed by atoms with E-state index in [9.17, 15) is 9.90 Å². The highest BCUT2D eigenvalue weighted by Gasteiger charge is 2.37. The van der Waals surface area contributed by atoms with Crippen molar-refractivity contribution >= 4 is 5.65 Å². The predicted octanol–water partition coefficient (Wildman–Crippen LogP) is 0.605. The molecular weight excluding hydrogens is 320 g/mol. The lowest BCUT2D eigenvalue weighted by Crippen LogP contribution is -2.46. The van der Waals surface area contributed by atoms with Gasteiger partial charge < -0.3 is 5.11 Å². The third-order valence-electron chi connectivity index (χ3n) is 4.77. The van der Waals surface area contributed by atoms with Crippen LogP contribution in [-0.2, 0) is 12.1 Å². The molecule has 4 rings (SSSR count). The van der Waals surface area contributed by atoms with Gasteiger partial charge in [-0.05, 0) is 37.9 Å². The number of likely N-dealkylation sites (tertiary alicyclic amines) is 1. The first-order chi connectivity index (χ1) is 12.0. The van der Waals surface area contributed by atoms with Gasteiger partial charge in [0.15, 0.2) is 0 Å². The zero-order valence-electron chi connectivity index (χ0n) is 14.0. The summed E-state index contributed by atoms with van der Waals surface area (Å²) >= 11 is 0. The number of fused-ring (bicyclic) bond motifs is 1. The van der Waals surface area contributed by atoms with E-state index in [0.29, 0.717) is 36.5 Å². The van der Waals surface area contributed by atoms with Gasteiger partial charge in [0.2, 0.25) is 0 Å². The molecule has 0 bridgehead atoms. The van der Waals surface area contributed by atoms with Crippen molar-refractivity contribution in [3.8, 4) is 0 Å². The summed E-state index contributed by atoms with van der Waals surface area (Å²) in [6.07, 6.45) is 4.77. The fourth-order valence-electron chi connectivity index (χ4n) is 3.51. The summed E-state index contributed by atoms with van der Waals surface area (Å²) in [6.45, 7) is 3.74. The van der Waals surface area contributed by atoms with E-state index in [1.165, 1.54) is 0 Å². The van der Waals surface area contributed by atoms with E-state index in [-0.39, 0.29) is 5.56 Å². The quantitative estimate of drug-likeness (QED) is 0.724. The largest absolute Gasteiger partial charge is 0.382 e. The topological polar surface area (TPSA) is 99.4 Å². The van der Waals surface area contributed by atoms with E-state index in [2.05, 4.69) is 25.3 Å². The molecule has 1 aliphatic rings. The lowest BCUT2D eigenvalue weighted by molar-refractivity contribution is -0.0417. The number of piperidine rings is 1. The molecule has 1 unspecified atom stereocenters. The minimum atomic E-state index is -1.02. The van der Waals surface area contributed by atoms with Crippen LogP contribution in [0.3, 0.4) is 0 Å². The van der Waals surface area contributed by atoms with Crippen molar-refractivity contribution in [1.29, 1.82) is 0 Å². The third-order valence-corrected chi connectivity index (χ3v) is 4.77. The van der Waals surface area contributed by atoms with Gasteiger partial charge in [0, 0.05) is 25.4 Å². The van der Waals surface area contributed by atoms with Crippen molar-refractivity contribution in [2.45, 2.75) is 31.9 Å². The molecule has 0 spiro atoms. The van der Waals surface area contributed by atoms with Crippen LogP contribution in [0.5, 0.6) is 0 Å². The van der Waals surface area contributed by atoms with Crippen LogP contribution in [0.4, 0.5) is 0 Å². The molecule has 0 aromatic carbocycles. The molecule has 2 N–H and O–H groups in total. The molecule has 1 saturated heterocycles. The summed E-state index contributed by atoms with van der Waals surface area (Å²) in [5.74, 6) is 0. The minimum absolute atomic E-state index is 0.0903. The van der Waals surface area contributed by atoms with Crippen molar-refractivity contribution in [1.82, 2.24) is 29.7 Å². The molecule has 0 amide bonds. The summed E-state index contributed by atoms with van der Waals surface area (Å²) in [5, 5.41) is 21.3. The van der Waals surface area contributed by atoms with Crippen LogP contribution < -0.4 is 5.56 Å². The van der Waals surface area contributed by atoms with Gasteiger partial charge >= 0.3 is 0 Å². The highest BCUT2D eigenvalue weighted by atomic mass is 16.3. The van der Waals surface area contributed by atoms with Crippen molar-refractivity contribution < 1.29 is 5.11 Å². The van der Waals surface area contributed by atoms with Gasteiger partial charge in [-0.2, -0.15) is 15.4 Å². The number of β-amino-alcohol motifs (C(OH)–C–C–N with tert-alkyl or cyclic N) is 1. The number of aryl methyl sites for hydroxylation is 1. The van der Waals surface area contributed by atoms with Gasteiger partial charge in [-0.25, -0.2) is 4.98 Å². The molecule has 0 aliphatic carbocycles. The van der Waals surface area contributed by atoms with Crippen LogP contribution >= 0.6 is 0 Å². The standard InChI is InChI=1S/C17H20N6O2/c1-12-4-2-7-23-15(24)8-13(19-16(12)23)10-22-6-3-5-17(25,11-22)14-9-18-21-20-14/h2,4,7-9,25H,3,5-6,10-11H2,1H3,(H,18,20,21). The van der Waals surface area contributed by atoms with E-state index in [0.717, 1.165) is 18.5 Å². The average Bonchev–Trinajstić information content (AvgIpc) is 3.12. The predicted molar refractivity (Wildman–Crippen MR) is 91.0 cm³/mol. The number of hydrogen-bond acceptors (Lipinski definition) is 6. The summed E-state index contributed by atoms with van der Waals surface area (Å²) in [5.41, 5.74) is 1.79. The second kappa shape index (κ2) is 6.05. The monoisotopic (exact) mass is 340 g/mol. The fourth-order valence-corrected chi connectivity index (χ4v) is 3.51. The Morgan fingerprint density at radius 1 is 1.44 bits per heavy atom. The maximum Gasteiger partial charge on any atom is 0.258 e. The Balaban J connectivity index is 1.61. The first-order valence-corrected chi connectivity index (χ1v) is 8.34. The molecule has 25 heavy (non-hydrogen) atoms. The van der Waals surface area contributed by atoms with Gasteiger partial charge in [-0.15, -0.1) is 0 Å². The second-order valence-electron chi connectivity index (χ2n) is 6.67. The van der Waals surface area contributed by atoms with Gasteiger partial charge in [-0.1, -0.05) is 6.07 Å². The minimum Gasteiger partial charge on any atom is -0.382 e. The van der Waals surface area contributed by atoms with E-state index in [1.807, 2.05) is 19.1 Å². The highest BCUT2D eigenvalue weighted by molar-refractivity contribution is 5.46. The van der Waals surface area contributed by atoms with Crippen LogP contribution in [0, 0.1) is 6.92 Å². The van der Waals surface area contributed by atoms with Gasteiger partial charge in [0.25, 0.3) is 5.56 Å². The summed E-state index contributed by atoms with van der Waals surface area (Å²) < 4.78 is 1.56. The molecule has 130 valence electrons. The molecule has 0 saturated carbocycles. The van der Waals surface area contributed by atoms with E-state index in [4.69, 9.17) is 0 Å². The molecule has 1 aliphatic heterocycles. The van der Waals surface area contributed by atoms with E-state index in [1.54, 1.807) is 22.9 Å². The first-order valence-electron chi connectivity index (χ1n) is 8.34. The molecule has 0 radical (unpaired) electrons. The number of nitrogens with one attached hydrogen (secondary N) is 1. The van der Waals surface area contributed by atoms with Crippen LogP contribution in [0.1, 0.15) is 29.8 Å². The van der Waals surface area contributed by atoms with Crippen molar-refractivity contribution in [2.75, 3.05) is 13.1 Å². The number of nitrogens with zero attached hydrogens (tertiary/aromatic N) is 5. The number of H-pyrrole nitrogens is 1. The number of hydrogen-bond donors (Lipinski definition) is 2. The van der Waals surface area contributed by atoms with Crippen LogP contribution in [-0.4, -0.2) is 47.9 Å². The van der Waals surface area contributed by atoms with Crippen LogP contribution in [0.2, 0.25) is 0 Å². The number of aromatic amines is 1. The fraction of sp³-hybridized carbons (Fsp3) is 0.412. The Kier molecular flexibility index (Phi) is 3.85. The number of aromatic nitrogens is 5. The van der Waals surface area contributed by atoms with Gasteiger partial charge in [0.1, 0.15) is 16.9 Å². The van der Waals surface area contributed by atoms with E-state index >= 15 is 0 Å². The maximum atomic E-state index is 12.3. The maximum absolute atomic E-state index is 12.3. The van der Waals surface area contributed by atoms with E-state index < -0.39 is 5.60 Å². The Morgan fingerprint density at radius 3 is 3.12 bits per heavy atom. The zero-order chi connectivity index (χ0) is 17.4. The number of aliphatic hydroxyl groups is 1. The van der Waals surface area contributed by atoms with Gasteiger partial charge in [0.05, 0.1) is 11.9 Å². The molecule has 1 fully saturated rings. The molecular formula is C17H20N6O2. The average molecular weight is 340 g/mol. The Hall–Kier alpha value is -2.58. The molecule has 3 aromatic rings. The lowest BCUT2D eigenvalue weighted by atomic mass is 9.90. The lowest BCUT2D eigenvalue weighted by Gasteiger charge is -2.37.